The van der Waals surface area contributed by atoms with Crippen molar-refractivity contribution in [2.45, 2.75) is 31.6 Å². The van der Waals surface area contributed by atoms with Gasteiger partial charge in [-0.1, -0.05) is 0 Å². The molecule has 0 atom stereocenters. The van der Waals surface area contributed by atoms with Gasteiger partial charge in [0.1, 0.15) is 0 Å². The number of hydrogen-bond acceptors (Lipinski definition) is 5. The first-order valence-electron chi connectivity index (χ1n) is 7.17. The summed E-state index contributed by atoms with van der Waals surface area (Å²) < 4.78 is 43.2. The molecule has 2 aromatic heterocycles. The van der Waals surface area contributed by atoms with Crippen LogP contribution in [0.5, 0.6) is 5.88 Å². The first-order chi connectivity index (χ1) is 10.9. The second kappa shape index (κ2) is 6.05. The van der Waals surface area contributed by atoms with Crippen LogP contribution in [0.3, 0.4) is 0 Å². The van der Waals surface area contributed by atoms with Crippen molar-refractivity contribution in [3.63, 3.8) is 0 Å². The van der Waals surface area contributed by atoms with Crippen molar-refractivity contribution >= 4 is 5.82 Å². The molecular formula is C14H16F3N5O. The molecule has 0 aliphatic heterocycles. The minimum absolute atomic E-state index is 0.129. The summed E-state index contributed by atoms with van der Waals surface area (Å²) >= 11 is 0. The van der Waals surface area contributed by atoms with Crippen LogP contribution >= 0.6 is 0 Å². The lowest BCUT2D eigenvalue weighted by Gasteiger charge is -2.23. The lowest BCUT2D eigenvalue weighted by atomic mass is 10.3. The van der Waals surface area contributed by atoms with Crippen molar-refractivity contribution < 1.29 is 17.9 Å². The summed E-state index contributed by atoms with van der Waals surface area (Å²) in [4.78, 5) is 10.1. The molecule has 1 saturated carbocycles. The smallest absolute Gasteiger partial charge is 0.422 e. The molecule has 0 amide bonds. The van der Waals surface area contributed by atoms with E-state index < -0.39 is 12.8 Å². The highest BCUT2D eigenvalue weighted by Crippen LogP contribution is 2.32. The van der Waals surface area contributed by atoms with Crippen molar-refractivity contribution in [3.05, 3.63) is 30.4 Å². The topological polar surface area (TPSA) is 56.1 Å². The number of rotatable bonds is 6. The van der Waals surface area contributed by atoms with Crippen LogP contribution in [0.2, 0.25) is 0 Å². The van der Waals surface area contributed by atoms with Gasteiger partial charge in [0.25, 0.3) is 0 Å². The zero-order chi connectivity index (χ0) is 16.4. The van der Waals surface area contributed by atoms with E-state index in [4.69, 9.17) is 0 Å². The Labute approximate surface area is 130 Å². The number of ether oxygens (including phenoxy) is 1. The highest BCUT2D eigenvalue weighted by molar-refractivity contribution is 5.41. The van der Waals surface area contributed by atoms with Gasteiger partial charge < -0.3 is 9.64 Å². The molecule has 0 N–H and O–H groups in total. The van der Waals surface area contributed by atoms with Gasteiger partial charge in [0, 0.05) is 19.3 Å². The summed E-state index contributed by atoms with van der Waals surface area (Å²) in [6.07, 6.45) is 2.07. The Hall–Kier alpha value is -2.32. The number of nitrogens with zero attached hydrogens (tertiary/aromatic N) is 5. The molecule has 2 heterocycles. The number of hydrogen-bond donors (Lipinski definition) is 0. The number of aromatic nitrogens is 4. The van der Waals surface area contributed by atoms with Gasteiger partial charge in [0.15, 0.2) is 12.4 Å². The standard InChI is InChI=1S/C14H16F3N5O/c1-21-11(4-5-19-21)8-22(10-2-3-10)12-6-18-7-13(20-12)23-9-14(15,16)17/h4-7,10H,2-3,8-9H2,1H3. The largest absolute Gasteiger partial charge is 0.467 e. The van der Waals surface area contributed by atoms with Crippen LogP contribution in [-0.4, -0.2) is 38.6 Å². The maximum absolute atomic E-state index is 12.2. The molecule has 0 spiro atoms. The normalized spacial score (nSPS) is 14.8. The van der Waals surface area contributed by atoms with Crippen LogP contribution in [0.1, 0.15) is 18.5 Å². The van der Waals surface area contributed by atoms with E-state index in [0.717, 1.165) is 18.5 Å². The van der Waals surface area contributed by atoms with E-state index in [0.29, 0.717) is 18.4 Å². The third-order valence-electron chi connectivity index (χ3n) is 3.52. The quantitative estimate of drug-likeness (QED) is 0.815. The first-order valence-corrected chi connectivity index (χ1v) is 7.17. The molecule has 3 rings (SSSR count). The Bertz CT molecular complexity index is 668. The van der Waals surface area contributed by atoms with Crippen molar-refractivity contribution in [2.24, 2.45) is 7.05 Å². The predicted octanol–water partition coefficient (Wildman–Crippen LogP) is 2.32. The van der Waals surface area contributed by atoms with Crippen LogP contribution in [0.25, 0.3) is 0 Å². The van der Waals surface area contributed by atoms with Gasteiger partial charge in [-0.05, 0) is 18.9 Å². The zero-order valence-electron chi connectivity index (χ0n) is 12.5. The number of aryl methyl sites for hydroxylation is 1. The van der Waals surface area contributed by atoms with Gasteiger partial charge >= 0.3 is 6.18 Å². The van der Waals surface area contributed by atoms with Crippen LogP contribution in [0.15, 0.2) is 24.7 Å². The van der Waals surface area contributed by atoms with Crippen molar-refractivity contribution in [2.75, 3.05) is 11.5 Å². The molecule has 6 nitrogen and oxygen atoms in total. The highest BCUT2D eigenvalue weighted by atomic mass is 19.4. The first kappa shape index (κ1) is 15.6. The lowest BCUT2D eigenvalue weighted by molar-refractivity contribution is -0.154. The van der Waals surface area contributed by atoms with E-state index in [1.165, 1.54) is 12.4 Å². The van der Waals surface area contributed by atoms with Gasteiger partial charge in [-0.15, -0.1) is 0 Å². The fourth-order valence-corrected chi connectivity index (χ4v) is 2.22. The molecule has 23 heavy (non-hydrogen) atoms. The Kier molecular flexibility index (Phi) is 4.10. The van der Waals surface area contributed by atoms with Crippen LogP contribution < -0.4 is 9.64 Å². The Morgan fingerprint density at radius 3 is 2.74 bits per heavy atom. The molecule has 0 aromatic carbocycles. The molecule has 1 fully saturated rings. The lowest BCUT2D eigenvalue weighted by Crippen LogP contribution is -2.27. The Morgan fingerprint density at radius 2 is 2.13 bits per heavy atom. The Morgan fingerprint density at radius 1 is 1.35 bits per heavy atom. The van der Waals surface area contributed by atoms with Crippen LogP contribution in [0.4, 0.5) is 19.0 Å². The van der Waals surface area contributed by atoms with Gasteiger partial charge in [0.05, 0.1) is 24.6 Å². The SMILES string of the molecule is Cn1nccc1CN(c1cncc(OCC(F)(F)F)n1)C1CC1. The minimum Gasteiger partial charge on any atom is -0.467 e. The maximum atomic E-state index is 12.2. The molecule has 9 heteroatoms. The van der Waals surface area contributed by atoms with Crippen molar-refractivity contribution in [1.29, 1.82) is 0 Å². The summed E-state index contributed by atoms with van der Waals surface area (Å²) in [6.45, 7) is -0.811. The van der Waals surface area contributed by atoms with E-state index in [1.54, 1.807) is 10.9 Å². The predicted molar refractivity (Wildman–Crippen MR) is 76.0 cm³/mol. The third-order valence-corrected chi connectivity index (χ3v) is 3.52. The fourth-order valence-electron chi connectivity index (χ4n) is 2.22. The molecule has 0 radical (unpaired) electrons. The monoisotopic (exact) mass is 327 g/mol. The third kappa shape index (κ3) is 4.11. The van der Waals surface area contributed by atoms with E-state index in [9.17, 15) is 13.2 Å². The summed E-state index contributed by atoms with van der Waals surface area (Å²) in [5, 5.41) is 4.12. The van der Waals surface area contributed by atoms with Crippen LogP contribution in [0, 0.1) is 0 Å². The summed E-state index contributed by atoms with van der Waals surface area (Å²) in [7, 11) is 1.84. The van der Waals surface area contributed by atoms with E-state index in [1.807, 2.05) is 18.0 Å². The van der Waals surface area contributed by atoms with E-state index in [-0.39, 0.29) is 5.88 Å². The molecule has 1 aliphatic rings. The molecule has 1 aliphatic carbocycles. The van der Waals surface area contributed by atoms with Gasteiger partial charge in [-0.3, -0.25) is 9.67 Å². The van der Waals surface area contributed by atoms with E-state index in [2.05, 4.69) is 19.8 Å². The average molecular weight is 327 g/mol. The maximum Gasteiger partial charge on any atom is 0.422 e. The second-order valence-electron chi connectivity index (χ2n) is 5.42. The highest BCUT2D eigenvalue weighted by Gasteiger charge is 2.32. The molecular weight excluding hydrogens is 311 g/mol. The number of anilines is 1. The summed E-state index contributed by atoms with van der Waals surface area (Å²) in [5.41, 5.74) is 0.986. The fraction of sp³-hybridized carbons (Fsp3) is 0.500. The minimum atomic E-state index is -4.40. The summed E-state index contributed by atoms with van der Waals surface area (Å²) in [6, 6.07) is 2.21. The second-order valence-corrected chi connectivity index (χ2v) is 5.42. The molecule has 124 valence electrons. The van der Waals surface area contributed by atoms with Crippen LogP contribution in [-0.2, 0) is 13.6 Å². The average Bonchev–Trinajstić information content (AvgIpc) is 3.26. The number of alkyl halides is 3. The van der Waals surface area contributed by atoms with Crippen molar-refractivity contribution in [3.8, 4) is 5.88 Å². The molecule has 0 unspecified atom stereocenters. The zero-order valence-corrected chi connectivity index (χ0v) is 12.5. The van der Waals surface area contributed by atoms with Gasteiger partial charge in [0.2, 0.25) is 5.88 Å². The molecule has 2 aromatic rings. The molecule has 0 bridgehead atoms. The van der Waals surface area contributed by atoms with Crippen molar-refractivity contribution in [1.82, 2.24) is 19.7 Å². The van der Waals surface area contributed by atoms with Gasteiger partial charge in [-0.2, -0.15) is 23.3 Å². The van der Waals surface area contributed by atoms with Gasteiger partial charge in [-0.25, -0.2) is 0 Å². The number of halogens is 3. The summed E-state index contributed by atoms with van der Waals surface area (Å²) in [5.74, 6) is 0.379. The van der Waals surface area contributed by atoms with E-state index >= 15 is 0 Å². The molecule has 0 saturated heterocycles. The Balaban J connectivity index is 1.76.